The zero-order valence-electron chi connectivity index (χ0n) is 11.4. The third-order valence-corrected chi connectivity index (χ3v) is 3.52. The van der Waals surface area contributed by atoms with Gasteiger partial charge in [0.25, 0.3) is 0 Å². The summed E-state index contributed by atoms with van der Waals surface area (Å²) in [6, 6.07) is 7.49. The first kappa shape index (κ1) is 16.0. The highest BCUT2D eigenvalue weighted by Gasteiger charge is 2.05. The molecule has 19 heavy (non-hydrogen) atoms. The predicted octanol–water partition coefficient (Wildman–Crippen LogP) is 4.53. The molecule has 1 atom stereocenters. The third-order valence-electron chi connectivity index (χ3n) is 2.69. The molecule has 0 N–H and O–H groups in total. The quantitative estimate of drug-likeness (QED) is 0.452. The maximum absolute atomic E-state index is 11.2. The fraction of sp³-hybridized carbons (Fsp3) is 0.438. The summed E-state index contributed by atoms with van der Waals surface area (Å²) in [5, 5.41) is 0. The Balaban J connectivity index is 0.000000524. The molecular formula is C16H21BrO2. The Bertz CT molecular complexity index is 393. The van der Waals surface area contributed by atoms with Gasteiger partial charge in [-0.3, -0.25) is 0 Å². The number of alkyl halides is 1. The fourth-order valence-electron chi connectivity index (χ4n) is 1.35. The van der Waals surface area contributed by atoms with Gasteiger partial charge in [0, 0.05) is 4.83 Å². The van der Waals surface area contributed by atoms with Crippen molar-refractivity contribution in [3.8, 4) is 0 Å². The van der Waals surface area contributed by atoms with Crippen molar-refractivity contribution in [1.29, 1.82) is 0 Å². The Kier molecular flexibility index (Phi) is 7.49. The molecule has 3 heteroatoms. The summed E-state index contributed by atoms with van der Waals surface area (Å²) in [7, 11) is 1.38. The van der Waals surface area contributed by atoms with Gasteiger partial charge in [0.15, 0.2) is 0 Å². The highest BCUT2D eigenvalue weighted by molar-refractivity contribution is 9.09. The number of benzene rings is 1. The Morgan fingerprint density at radius 3 is 2.37 bits per heavy atom. The summed E-state index contributed by atoms with van der Waals surface area (Å²) >= 11 is 3.49. The monoisotopic (exact) mass is 324 g/mol. The Morgan fingerprint density at radius 2 is 1.95 bits per heavy atom. The second kappa shape index (κ2) is 8.92. The van der Waals surface area contributed by atoms with Gasteiger partial charge in [0.2, 0.25) is 0 Å². The second-order valence-electron chi connectivity index (χ2n) is 4.54. The van der Waals surface area contributed by atoms with Crippen molar-refractivity contribution in [2.24, 2.45) is 0 Å². The van der Waals surface area contributed by atoms with Crippen LogP contribution in [0.15, 0.2) is 36.9 Å². The van der Waals surface area contributed by atoms with Crippen molar-refractivity contribution in [2.45, 2.75) is 36.9 Å². The molecule has 0 spiro atoms. The molecule has 1 aliphatic rings. The van der Waals surface area contributed by atoms with E-state index in [1.54, 1.807) is 12.1 Å². The minimum Gasteiger partial charge on any atom is -0.465 e. The van der Waals surface area contributed by atoms with Gasteiger partial charge in [-0.1, -0.05) is 53.4 Å². The fourth-order valence-corrected chi connectivity index (χ4v) is 1.58. The lowest BCUT2D eigenvalue weighted by Gasteiger charge is -2.05. The third kappa shape index (κ3) is 7.16. The van der Waals surface area contributed by atoms with Gasteiger partial charge in [-0.15, -0.1) is 6.58 Å². The largest absolute Gasteiger partial charge is 0.465 e. The number of rotatable bonds is 5. The van der Waals surface area contributed by atoms with Gasteiger partial charge in [-0.05, 0) is 30.5 Å². The first-order valence-electron chi connectivity index (χ1n) is 6.61. The van der Waals surface area contributed by atoms with Gasteiger partial charge in [0.1, 0.15) is 0 Å². The number of esters is 1. The van der Waals surface area contributed by atoms with Crippen LogP contribution >= 0.6 is 15.9 Å². The normalized spacial score (nSPS) is 13.8. The molecule has 2 nitrogen and oxygen atoms in total. The molecule has 1 fully saturated rings. The molecule has 0 radical (unpaired) electrons. The highest BCUT2D eigenvalue weighted by Crippen LogP contribution is 2.15. The second-order valence-corrected chi connectivity index (χ2v) is 5.72. The number of hydrogen-bond donors (Lipinski definition) is 0. The van der Waals surface area contributed by atoms with Gasteiger partial charge < -0.3 is 4.74 Å². The minimum absolute atomic E-state index is 0.295. The van der Waals surface area contributed by atoms with Crippen LogP contribution in [0.3, 0.4) is 0 Å². The lowest BCUT2D eigenvalue weighted by molar-refractivity contribution is 0.0600. The van der Waals surface area contributed by atoms with E-state index in [0.29, 0.717) is 10.4 Å². The van der Waals surface area contributed by atoms with Crippen LogP contribution in [-0.4, -0.2) is 17.9 Å². The van der Waals surface area contributed by atoms with Crippen molar-refractivity contribution in [3.63, 3.8) is 0 Å². The van der Waals surface area contributed by atoms with Crippen LogP contribution in [0.1, 0.15) is 41.6 Å². The Morgan fingerprint density at radius 1 is 1.37 bits per heavy atom. The molecule has 0 aromatic heterocycles. The average Bonchev–Trinajstić information content (AvgIpc) is 3.32. The molecule has 0 bridgehead atoms. The molecule has 1 aliphatic carbocycles. The number of aryl methyl sites for hydroxylation is 1. The van der Waals surface area contributed by atoms with Gasteiger partial charge >= 0.3 is 5.97 Å². The lowest BCUT2D eigenvalue weighted by Crippen LogP contribution is -2.01. The van der Waals surface area contributed by atoms with E-state index < -0.39 is 0 Å². The van der Waals surface area contributed by atoms with Crippen LogP contribution in [0, 0.1) is 0 Å². The van der Waals surface area contributed by atoms with Crippen molar-refractivity contribution < 1.29 is 9.53 Å². The topological polar surface area (TPSA) is 26.3 Å². The van der Waals surface area contributed by atoms with Crippen LogP contribution in [0.4, 0.5) is 0 Å². The van der Waals surface area contributed by atoms with E-state index in [1.165, 1.54) is 31.9 Å². The van der Waals surface area contributed by atoms with E-state index in [0.717, 1.165) is 12.8 Å². The summed E-state index contributed by atoms with van der Waals surface area (Å²) in [5.41, 5.74) is 1.80. The van der Waals surface area contributed by atoms with E-state index in [4.69, 9.17) is 0 Å². The predicted molar refractivity (Wildman–Crippen MR) is 82.9 cm³/mol. The SMILES string of the molecule is C1CC1.C=CC(Br)CCc1ccc(C(=O)OC)cc1. The summed E-state index contributed by atoms with van der Waals surface area (Å²) in [5.74, 6) is -0.295. The molecule has 1 aromatic rings. The minimum atomic E-state index is -0.295. The van der Waals surface area contributed by atoms with Crippen molar-refractivity contribution in [2.75, 3.05) is 7.11 Å². The molecule has 0 amide bonds. The summed E-state index contributed by atoms with van der Waals surface area (Å²) in [4.78, 5) is 11.5. The number of methoxy groups -OCH3 is 1. The molecule has 0 heterocycles. The smallest absolute Gasteiger partial charge is 0.337 e. The first-order valence-corrected chi connectivity index (χ1v) is 7.53. The maximum Gasteiger partial charge on any atom is 0.337 e. The van der Waals surface area contributed by atoms with Crippen LogP contribution in [0.5, 0.6) is 0 Å². The van der Waals surface area contributed by atoms with Crippen LogP contribution in [-0.2, 0) is 11.2 Å². The summed E-state index contributed by atoms with van der Waals surface area (Å²) in [6.07, 6.45) is 8.34. The van der Waals surface area contributed by atoms with Gasteiger partial charge in [-0.25, -0.2) is 4.79 Å². The van der Waals surface area contributed by atoms with Crippen LogP contribution in [0.2, 0.25) is 0 Å². The van der Waals surface area contributed by atoms with E-state index in [1.807, 2.05) is 18.2 Å². The zero-order valence-corrected chi connectivity index (χ0v) is 13.0. The van der Waals surface area contributed by atoms with Gasteiger partial charge in [0.05, 0.1) is 12.7 Å². The van der Waals surface area contributed by atoms with E-state index >= 15 is 0 Å². The van der Waals surface area contributed by atoms with Gasteiger partial charge in [-0.2, -0.15) is 0 Å². The number of carbonyl (C=O) groups excluding carboxylic acids is 1. The molecule has 0 saturated heterocycles. The Hall–Kier alpha value is -1.09. The highest BCUT2D eigenvalue weighted by atomic mass is 79.9. The Labute approximate surface area is 124 Å². The standard InChI is InChI=1S/C13H15BrO2.C3H6/c1-3-12(14)9-6-10-4-7-11(8-5-10)13(15)16-2;1-2-3-1/h3-5,7-8,12H,1,6,9H2,2H3;1-3H2. The number of carbonyl (C=O) groups is 1. The van der Waals surface area contributed by atoms with E-state index in [-0.39, 0.29) is 5.97 Å². The number of hydrogen-bond acceptors (Lipinski definition) is 2. The number of halogens is 1. The molecule has 1 aromatic carbocycles. The lowest BCUT2D eigenvalue weighted by atomic mass is 10.1. The van der Waals surface area contributed by atoms with Crippen molar-refractivity contribution >= 4 is 21.9 Å². The van der Waals surface area contributed by atoms with Crippen LogP contribution < -0.4 is 0 Å². The summed E-state index contributed by atoms with van der Waals surface area (Å²) in [6.45, 7) is 3.71. The molecule has 0 aliphatic heterocycles. The number of ether oxygens (including phenoxy) is 1. The summed E-state index contributed by atoms with van der Waals surface area (Å²) < 4.78 is 4.63. The zero-order chi connectivity index (χ0) is 14.1. The molecule has 1 unspecified atom stereocenters. The van der Waals surface area contributed by atoms with Crippen molar-refractivity contribution in [1.82, 2.24) is 0 Å². The maximum atomic E-state index is 11.2. The first-order chi connectivity index (χ1) is 9.17. The van der Waals surface area contributed by atoms with Crippen molar-refractivity contribution in [3.05, 3.63) is 48.0 Å². The molecule has 104 valence electrons. The molecule has 1 saturated carbocycles. The molecular weight excluding hydrogens is 304 g/mol. The molecule has 2 rings (SSSR count). The van der Waals surface area contributed by atoms with E-state index in [9.17, 15) is 4.79 Å². The average molecular weight is 325 g/mol. The number of allylic oxidation sites excluding steroid dienone is 1. The van der Waals surface area contributed by atoms with E-state index in [2.05, 4.69) is 27.2 Å². The van der Waals surface area contributed by atoms with Crippen LogP contribution in [0.25, 0.3) is 0 Å².